The molecule has 0 radical (unpaired) electrons. The zero-order valence-corrected chi connectivity index (χ0v) is 10.5. The molecule has 88 valence electrons. The molecule has 1 aliphatic carbocycles. The van der Waals surface area contributed by atoms with Gasteiger partial charge < -0.3 is 10.5 Å². The van der Waals surface area contributed by atoms with Crippen LogP contribution in [0.15, 0.2) is 18.2 Å². The molecule has 2 nitrogen and oxygen atoms in total. The van der Waals surface area contributed by atoms with Gasteiger partial charge in [-0.15, -0.1) is 0 Å². The Hall–Kier alpha value is -0.440. The number of halogens is 2. The molecule has 2 N–H and O–H groups in total. The van der Waals surface area contributed by atoms with E-state index >= 15 is 0 Å². The van der Waals surface area contributed by atoms with E-state index in [2.05, 4.69) is 0 Å². The average Bonchev–Trinajstić information content (AvgIpc) is 2.25. The van der Waals surface area contributed by atoms with Crippen molar-refractivity contribution >= 4 is 23.2 Å². The van der Waals surface area contributed by atoms with E-state index in [4.69, 9.17) is 33.7 Å². The molecule has 2 rings (SSSR count). The first-order valence-corrected chi connectivity index (χ1v) is 6.29. The summed E-state index contributed by atoms with van der Waals surface area (Å²) in [6, 6.07) is 5.37. The van der Waals surface area contributed by atoms with Crippen LogP contribution in [0.4, 0.5) is 0 Å². The second-order valence-corrected chi connectivity index (χ2v) is 5.02. The third kappa shape index (κ3) is 2.82. The maximum Gasteiger partial charge on any atom is 0.138 e. The summed E-state index contributed by atoms with van der Waals surface area (Å²) < 4.78 is 5.84. The maximum atomic E-state index is 6.05. The van der Waals surface area contributed by atoms with Crippen molar-refractivity contribution in [1.82, 2.24) is 0 Å². The Bertz CT molecular complexity index is 370. The average molecular weight is 260 g/mol. The van der Waals surface area contributed by atoms with Crippen molar-refractivity contribution in [2.24, 2.45) is 5.73 Å². The highest BCUT2D eigenvalue weighted by atomic mass is 35.5. The van der Waals surface area contributed by atoms with E-state index in [1.165, 1.54) is 12.8 Å². The van der Waals surface area contributed by atoms with Crippen LogP contribution in [0.2, 0.25) is 10.0 Å². The highest BCUT2D eigenvalue weighted by molar-refractivity contribution is 6.35. The molecule has 1 aromatic rings. The van der Waals surface area contributed by atoms with E-state index in [1.807, 2.05) is 0 Å². The molecule has 2 atom stereocenters. The first-order chi connectivity index (χ1) is 7.66. The van der Waals surface area contributed by atoms with Crippen LogP contribution in [-0.2, 0) is 0 Å². The fourth-order valence-electron chi connectivity index (χ4n) is 2.01. The predicted molar refractivity (Wildman–Crippen MR) is 67.3 cm³/mol. The van der Waals surface area contributed by atoms with E-state index in [9.17, 15) is 0 Å². The summed E-state index contributed by atoms with van der Waals surface area (Å²) in [6.07, 6.45) is 4.46. The zero-order valence-electron chi connectivity index (χ0n) is 8.96. The van der Waals surface area contributed by atoms with Gasteiger partial charge >= 0.3 is 0 Å². The summed E-state index contributed by atoms with van der Waals surface area (Å²) in [6.45, 7) is 0. The van der Waals surface area contributed by atoms with Gasteiger partial charge in [0.25, 0.3) is 0 Å². The molecule has 2 unspecified atom stereocenters. The van der Waals surface area contributed by atoms with Crippen LogP contribution in [0.3, 0.4) is 0 Å². The van der Waals surface area contributed by atoms with Crippen LogP contribution >= 0.6 is 23.2 Å². The largest absolute Gasteiger partial charge is 0.487 e. The smallest absolute Gasteiger partial charge is 0.138 e. The van der Waals surface area contributed by atoms with Crippen LogP contribution in [0, 0.1) is 0 Å². The van der Waals surface area contributed by atoms with E-state index < -0.39 is 0 Å². The van der Waals surface area contributed by atoms with Crippen molar-refractivity contribution < 1.29 is 4.74 Å². The zero-order chi connectivity index (χ0) is 11.5. The molecule has 0 aromatic heterocycles. The van der Waals surface area contributed by atoms with Crippen LogP contribution in [0.25, 0.3) is 0 Å². The molecule has 0 saturated heterocycles. The molecule has 0 heterocycles. The lowest BCUT2D eigenvalue weighted by molar-refractivity contribution is 0.132. The van der Waals surface area contributed by atoms with Crippen LogP contribution in [0.5, 0.6) is 5.75 Å². The number of rotatable bonds is 2. The summed E-state index contributed by atoms with van der Waals surface area (Å²) >= 11 is 11.9. The first kappa shape index (κ1) is 12.0. The molecule has 4 heteroatoms. The van der Waals surface area contributed by atoms with Gasteiger partial charge in [-0.25, -0.2) is 0 Å². The summed E-state index contributed by atoms with van der Waals surface area (Å²) in [5, 5.41) is 1.16. The minimum Gasteiger partial charge on any atom is -0.487 e. The first-order valence-electron chi connectivity index (χ1n) is 5.54. The van der Waals surface area contributed by atoms with Gasteiger partial charge in [0, 0.05) is 11.1 Å². The Kier molecular flexibility index (Phi) is 3.95. The molecule has 0 amide bonds. The number of nitrogens with two attached hydrogens (primary N) is 1. The molecule has 0 aliphatic heterocycles. The standard InChI is InChI=1S/C12H15Cl2NO/c13-8-5-6-11(9(14)7-8)16-12-4-2-1-3-10(12)15/h5-7,10,12H,1-4,15H2. The summed E-state index contributed by atoms with van der Waals surface area (Å²) in [4.78, 5) is 0. The van der Waals surface area contributed by atoms with E-state index in [-0.39, 0.29) is 12.1 Å². The quantitative estimate of drug-likeness (QED) is 0.881. The molecule has 16 heavy (non-hydrogen) atoms. The Morgan fingerprint density at radius 2 is 1.94 bits per heavy atom. The second kappa shape index (κ2) is 5.26. The lowest BCUT2D eigenvalue weighted by Gasteiger charge is -2.29. The predicted octanol–water partition coefficient (Wildman–Crippen LogP) is 3.64. The van der Waals surface area contributed by atoms with Gasteiger partial charge in [-0.2, -0.15) is 0 Å². The van der Waals surface area contributed by atoms with Crippen molar-refractivity contribution in [3.63, 3.8) is 0 Å². The fraction of sp³-hybridized carbons (Fsp3) is 0.500. The highest BCUT2D eigenvalue weighted by Gasteiger charge is 2.23. The van der Waals surface area contributed by atoms with Crippen LogP contribution < -0.4 is 10.5 Å². The topological polar surface area (TPSA) is 35.2 Å². The molecule has 0 bridgehead atoms. The monoisotopic (exact) mass is 259 g/mol. The molecule has 1 saturated carbocycles. The highest BCUT2D eigenvalue weighted by Crippen LogP contribution is 2.30. The molecule has 0 spiro atoms. The summed E-state index contributed by atoms with van der Waals surface area (Å²) in [5.74, 6) is 0.674. The van der Waals surface area contributed by atoms with Gasteiger partial charge in [0.05, 0.1) is 5.02 Å². The number of hydrogen-bond donors (Lipinski definition) is 1. The number of benzene rings is 1. The number of ether oxygens (including phenoxy) is 1. The van der Waals surface area contributed by atoms with Gasteiger partial charge in [0.15, 0.2) is 0 Å². The Morgan fingerprint density at radius 1 is 1.19 bits per heavy atom. The van der Waals surface area contributed by atoms with E-state index in [0.29, 0.717) is 15.8 Å². The minimum atomic E-state index is 0.0763. The fourth-order valence-corrected chi connectivity index (χ4v) is 2.46. The van der Waals surface area contributed by atoms with Crippen LogP contribution in [-0.4, -0.2) is 12.1 Å². The molecule has 1 aromatic carbocycles. The Morgan fingerprint density at radius 3 is 2.62 bits per heavy atom. The molecular formula is C12H15Cl2NO. The van der Waals surface area contributed by atoms with Crippen LogP contribution in [0.1, 0.15) is 25.7 Å². The summed E-state index contributed by atoms with van der Waals surface area (Å²) in [7, 11) is 0. The third-order valence-corrected chi connectivity index (χ3v) is 3.46. The van der Waals surface area contributed by atoms with Crippen molar-refractivity contribution in [2.75, 3.05) is 0 Å². The lowest BCUT2D eigenvalue weighted by atomic mass is 9.93. The third-order valence-electron chi connectivity index (χ3n) is 2.93. The van der Waals surface area contributed by atoms with E-state index in [1.54, 1.807) is 18.2 Å². The Balaban J connectivity index is 2.07. The molecule has 1 aliphatic rings. The molecular weight excluding hydrogens is 245 g/mol. The maximum absolute atomic E-state index is 6.05. The van der Waals surface area contributed by atoms with Gasteiger partial charge in [-0.05, 0) is 37.5 Å². The second-order valence-electron chi connectivity index (χ2n) is 4.18. The van der Waals surface area contributed by atoms with Crippen molar-refractivity contribution in [3.05, 3.63) is 28.2 Å². The Labute approximate surface area is 106 Å². The van der Waals surface area contributed by atoms with E-state index in [0.717, 1.165) is 12.8 Å². The number of hydrogen-bond acceptors (Lipinski definition) is 2. The normalized spacial score (nSPS) is 25.4. The van der Waals surface area contributed by atoms with Crippen molar-refractivity contribution in [1.29, 1.82) is 0 Å². The summed E-state index contributed by atoms with van der Waals surface area (Å²) in [5.41, 5.74) is 6.01. The lowest BCUT2D eigenvalue weighted by Crippen LogP contribution is -2.41. The SMILES string of the molecule is NC1CCCCC1Oc1ccc(Cl)cc1Cl. The minimum absolute atomic E-state index is 0.0763. The van der Waals surface area contributed by atoms with Gasteiger partial charge in [-0.1, -0.05) is 29.6 Å². The van der Waals surface area contributed by atoms with Crippen molar-refractivity contribution in [3.8, 4) is 5.75 Å². The van der Waals surface area contributed by atoms with Gasteiger partial charge in [0.2, 0.25) is 0 Å². The van der Waals surface area contributed by atoms with Gasteiger partial charge in [-0.3, -0.25) is 0 Å². The molecule has 1 fully saturated rings. The van der Waals surface area contributed by atoms with Crippen molar-refractivity contribution in [2.45, 2.75) is 37.8 Å². The van der Waals surface area contributed by atoms with Gasteiger partial charge in [0.1, 0.15) is 11.9 Å².